The van der Waals surface area contributed by atoms with Gasteiger partial charge in [-0.1, -0.05) is 20.8 Å². The molecule has 30 heavy (non-hydrogen) atoms. The Morgan fingerprint density at radius 2 is 1.77 bits per heavy atom. The molecule has 0 N–H and O–H groups in total. The zero-order valence-corrected chi connectivity index (χ0v) is 20.5. The molecule has 1 atom stereocenters. The zero-order chi connectivity index (χ0) is 22.3. The Labute approximate surface area is 181 Å². The van der Waals surface area contributed by atoms with Gasteiger partial charge in [-0.3, -0.25) is 4.79 Å². The van der Waals surface area contributed by atoms with E-state index in [4.69, 9.17) is 13.9 Å². The van der Waals surface area contributed by atoms with Crippen molar-refractivity contribution in [2.24, 2.45) is 0 Å². The first kappa shape index (κ1) is 22.7. The molecule has 0 saturated carbocycles. The molecular weight excluding hydrogens is 398 g/mol. The zero-order valence-electron chi connectivity index (χ0n) is 19.3. The number of Topliss-reactive ketones (excluding diaryl/α,β-unsaturated/α-hetero) is 1. The van der Waals surface area contributed by atoms with Crippen molar-refractivity contribution in [2.75, 3.05) is 13.1 Å². The molecule has 2 aliphatic heterocycles. The van der Waals surface area contributed by atoms with Gasteiger partial charge in [0.05, 0.1) is 12.0 Å². The van der Waals surface area contributed by atoms with E-state index in [1.54, 1.807) is 4.90 Å². The predicted octanol–water partition coefficient (Wildman–Crippen LogP) is 4.95. The second-order valence-electron chi connectivity index (χ2n) is 10.6. The Kier molecular flexibility index (Phi) is 5.97. The maximum atomic E-state index is 12.8. The second-order valence-corrected chi connectivity index (χ2v) is 13.9. The standard InChI is InChI=1S/C23H35NO5Si/c1-21(2,3)28-20(26)24-12-10-23(11-13-24)15-18(25)17-9-8-16(14-19(17)27-23)29-30(7)22(4,5)6/h8-9,14,30H,10-13,15H2,1-7H3. The van der Waals surface area contributed by atoms with Crippen LogP contribution in [0.3, 0.4) is 0 Å². The average Bonchev–Trinajstić information content (AvgIpc) is 2.59. The summed E-state index contributed by atoms with van der Waals surface area (Å²) in [5, 5.41) is 0.141. The summed E-state index contributed by atoms with van der Waals surface area (Å²) in [6.07, 6.45) is 1.25. The largest absolute Gasteiger partial charge is 0.546 e. The number of likely N-dealkylation sites (tertiary alicyclic amines) is 1. The summed E-state index contributed by atoms with van der Waals surface area (Å²) in [7, 11) is -1.45. The maximum Gasteiger partial charge on any atom is 0.410 e. The highest BCUT2D eigenvalue weighted by Crippen LogP contribution is 2.41. The number of piperidine rings is 1. The molecule has 2 aliphatic rings. The van der Waals surface area contributed by atoms with Crippen LogP contribution in [0.5, 0.6) is 11.5 Å². The SMILES string of the molecule is C[SiH](Oc1ccc2c(c1)OC1(CCN(C(=O)OC(C)(C)C)CC1)CC2=O)C(C)(C)C. The molecule has 7 heteroatoms. The Balaban J connectivity index is 1.71. The van der Waals surface area contributed by atoms with Gasteiger partial charge < -0.3 is 18.8 Å². The summed E-state index contributed by atoms with van der Waals surface area (Å²) in [5.74, 6) is 1.46. The van der Waals surface area contributed by atoms with Gasteiger partial charge in [0.15, 0.2) is 5.78 Å². The molecule has 0 aromatic heterocycles. The molecule has 1 aromatic rings. The minimum absolute atomic E-state index is 0.0923. The number of hydrogen-bond donors (Lipinski definition) is 0. The smallest absolute Gasteiger partial charge is 0.410 e. The summed E-state index contributed by atoms with van der Waals surface area (Å²) in [4.78, 5) is 26.9. The van der Waals surface area contributed by atoms with Crippen LogP contribution in [-0.2, 0) is 4.74 Å². The third kappa shape index (κ3) is 5.17. The third-order valence-electron chi connectivity index (χ3n) is 5.92. The summed E-state index contributed by atoms with van der Waals surface area (Å²) in [6.45, 7) is 15.4. The first-order valence-electron chi connectivity index (χ1n) is 10.8. The van der Waals surface area contributed by atoms with Gasteiger partial charge in [-0.05, 0) is 44.5 Å². The van der Waals surface area contributed by atoms with Crippen molar-refractivity contribution in [3.05, 3.63) is 23.8 Å². The van der Waals surface area contributed by atoms with Crippen molar-refractivity contribution in [2.45, 2.75) is 83.6 Å². The topological polar surface area (TPSA) is 65.1 Å². The van der Waals surface area contributed by atoms with Gasteiger partial charge in [0, 0.05) is 32.0 Å². The Hall–Kier alpha value is -2.02. The number of fused-ring (bicyclic) bond motifs is 1. The van der Waals surface area contributed by atoms with E-state index in [-0.39, 0.29) is 16.9 Å². The highest BCUT2D eigenvalue weighted by Gasteiger charge is 2.44. The summed E-state index contributed by atoms with van der Waals surface area (Å²) >= 11 is 0. The second kappa shape index (κ2) is 7.91. The van der Waals surface area contributed by atoms with Crippen LogP contribution in [0.15, 0.2) is 18.2 Å². The fourth-order valence-corrected chi connectivity index (χ4v) is 4.54. The normalized spacial score (nSPS) is 19.7. The Morgan fingerprint density at radius 1 is 1.13 bits per heavy atom. The van der Waals surface area contributed by atoms with Gasteiger partial charge in [-0.25, -0.2) is 4.79 Å². The molecule has 0 radical (unpaired) electrons. The molecule has 1 spiro atoms. The predicted molar refractivity (Wildman–Crippen MR) is 119 cm³/mol. The van der Waals surface area contributed by atoms with Crippen LogP contribution < -0.4 is 9.16 Å². The van der Waals surface area contributed by atoms with Crippen molar-refractivity contribution >= 4 is 20.9 Å². The molecule has 1 amide bonds. The first-order valence-corrected chi connectivity index (χ1v) is 13.0. The number of benzene rings is 1. The minimum atomic E-state index is -1.45. The molecule has 3 rings (SSSR count). The lowest BCUT2D eigenvalue weighted by Gasteiger charge is -2.44. The fourth-order valence-electron chi connectivity index (χ4n) is 3.63. The van der Waals surface area contributed by atoms with Crippen LogP contribution in [0, 0.1) is 0 Å². The molecule has 1 saturated heterocycles. The van der Waals surface area contributed by atoms with Crippen LogP contribution in [0.2, 0.25) is 11.6 Å². The molecular formula is C23H35NO5Si. The van der Waals surface area contributed by atoms with E-state index >= 15 is 0 Å². The third-order valence-corrected chi connectivity index (χ3v) is 8.99. The number of carbonyl (C=O) groups excluding carboxylic acids is 2. The lowest BCUT2D eigenvalue weighted by molar-refractivity contribution is -0.0226. The molecule has 6 nitrogen and oxygen atoms in total. The number of rotatable bonds is 2. The van der Waals surface area contributed by atoms with E-state index in [0.29, 0.717) is 43.7 Å². The number of nitrogens with zero attached hydrogens (tertiary/aromatic N) is 1. The molecule has 1 fully saturated rings. The summed E-state index contributed by atoms with van der Waals surface area (Å²) in [5.41, 5.74) is -0.465. The quantitative estimate of drug-likeness (QED) is 0.617. The van der Waals surface area contributed by atoms with E-state index < -0.39 is 20.2 Å². The van der Waals surface area contributed by atoms with Crippen molar-refractivity contribution < 1.29 is 23.5 Å². The van der Waals surface area contributed by atoms with Gasteiger partial charge in [0.2, 0.25) is 9.04 Å². The van der Waals surface area contributed by atoms with E-state index in [9.17, 15) is 9.59 Å². The number of amides is 1. The van der Waals surface area contributed by atoms with Gasteiger partial charge in [0.25, 0.3) is 0 Å². The first-order chi connectivity index (χ1) is 13.8. The number of carbonyl (C=O) groups is 2. The monoisotopic (exact) mass is 433 g/mol. The van der Waals surface area contributed by atoms with Crippen molar-refractivity contribution in [1.29, 1.82) is 0 Å². The summed E-state index contributed by atoms with van der Waals surface area (Å²) in [6, 6.07) is 5.56. The fraction of sp³-hybridized carbons (Fsp3) is 0.652. The van der Waals surface area contributed by atoms with Crippen molar-refractivity contribution in [3.63, 3.8) is 0 Å². The molecule has 166 valence electrons. The van der Waals surface area contributed by atoms with Gasteiger partial charge in [0.1, 0.15) is 22.7 Å². The number of ether oxygens (including phenoxy) is 2. The van der Waals surface area contributed by atoms with Crippen LogP contribution in [-0.4, -0.2) is 50.1 Å². The van der Waals surface area contributed by atoms with Crippen LogP contribution >= 0.6 is 0 Å². The number of hydrogen-bond acceptors (Lipinski definition) is 5. The molecule has 2 heterocycles. The minimum Gasteiger partial charge on any atom is -0.546 e. The van der Waals surface area contributed by atoms with E-state index in [1.165, 1.54) is 0 Å². The van der Waals surface area contributed by atoms with E-state index in [0.717, 1.165) is 5.75 Å². The lowest BCUT2D eigenvalue weighted by atomic mass is 9.82. The van der Waals surface area contributed by atoms with Crippen LogP contribution in [0.1, 0.15) is 71.2 Å². The summed E-state index contributed by atoms with van der Waals surface area (Å²) < 4.78 is 18.1. The van der Waals surface area contributed by atoms with Gasteiger partial charge >= 0.3 is 6.09 Å². The van der Waals surface area contributed by atoms with Crippen LogP contribution in [0.4, 0.5) is 4.79 Å². The Morgan fingerprint density at radius 3 is 2.33 bits per heavy atom. The van der Waals surface area contributed by atoms with E-state index in [2.05, 4.69) is 27.3 Å². The highest BCUT2D eigenvalue weighted by atomic mass is 28.3. The van der Waals surface area contributed by atoms with Gasteiger partial charge in [-0.15, -0.1) is 0 Å². The molecule has 1 aromatic carbocycles. The molecule has 1 unspecified atom stereocenters. The van der Waals surface area contributed by atoms with E-state index in [1.807, 2.05) is 39.0 Å². The van der Waals surface area contributed by atoms with Gasteiger partial charge in [-0.2, -0.15) is 0 Å². The molecule has 0 aliphatic carbocycles. The highest BCUT2D eigenvalue weighted by molar-refractivity contribution is 6.54. The van der Waals surface area contributed by atoms with Crippen LogP contribution in [0.25, 0.3) is 0 Å². The Bertz CT molecular complexity index is 816. The average molecular weight is 434 g/mol. The molecule has 0 bridgehead atoms. The number of ketones is 1. The van der Waals surface area contributed by atoms with Crippen molar-refractivity contribution in [3.8, 4) is 11.5 Å². The lowest BCUT2D eigenvalue weighted by Crippen LogP contribution is -2.53. The maximum absolute atomic E-state index is 12.8. The van der Waals surface area contributed by atoms with Crippen molar-refractivity contribution in [1.82, 2.24) is 4.90 Å².